The minimum atomic E-state index is 0.157. The van der Waals surface area contributed by atoms with Crippen LogP contribution in [-0.2, 0) is 0 Å². The van der Waals surface area contributed by atoms with Crippen LogP contribution in [0.3, 0.4) is 0 Å². The van der Waals surface area contributed by atoms with Crippen molar-refractivity contribution < 1.29 is 9.84 Å². The second-order valence-corrected chi connectivity index (χ2v) is 5.24. The Labute approximate surface area is 110 Å². The average Bonchev–Trinajstić information content (AvgIpc) is 2.36. The largest absolute Gasteiger partial charge is 0.493 e. The van der Waals surface area contributed by atoms with Crippen LogP contribution in [0.15, 0.2) is 22.7 Å². The maximum absolute atomic E-state index is 9.26. The SMILES string of the molecule is CC[C@@H](CO)NC1CCOc2ccc(Br)cc21. The fourth-order valence-electron chi connectivity index (χ4n) is 2.12. The number of aliphatic hydroxyl groups excluding tert-OH is 1. The highest BCUT2D eigenvalue weighted by Crippen LogP contribution is 2.34. The summed E-state index contributed by atoms with van der Waals surface area (Å²) in [4.78, 5) is 0. The van der Waals surface area contributed by atoms with Gasteiger partial charge in [-0.2, -0.15) is 0 Å². The summed E-state index contributed by atoms with van der Waals surface area (Å²) in [5.74, 6) is 0.949. The molecular weight excluding hydrogens is 282 g/mol. The zero-order valence-corrected chi connectivity index (χ0v) is 11.5. The number of hydrogen-bond donors (Lipinski definition) is 2. The Morgan fingerprint density at radius 1 is 1.59 bits per heavy atom. The lowest BCUT2D eigenvalue weighted by molar-refractivity contribution is 0.200. The van der Waals surface area contributed by atoms with Crippen molar-refractivity contribution in [2.24, 2.45) is 0 Å². The molecule has 1 aromatic carbocycles. The molecule has 1 aliphatic heterocycles. The van der Waals surface area contributed by atoms with Crippen molar-refractivity contribution in [3.05, 3.63) is 28.2 Å². The highest BCUT2D eigenvalue weighted by molar-refractivity contribution is 9.10. The van der Waals surface area contributed by atoms with Crippen molar-refractivity contribution in [3.63, 3.8) is 0 Å². The predicted octanol–water partition coefficient (Wildman–Crippen LogP) is 2.63. The maximum atomic E-state index is 9.26. The lowest BCUT2D eigenvalue weighted by Crippen LogP contribution is -2.37. The number of rotatable bonds is 4. The fourth-order valence-corrected chi connectivity index (χ4v) is 2.50. The summed E-state index contributed by atoms with van der Waals surface area (Å²) in [6, 6.07) is 6.51. The summed E-state index contributed by atoms with van der Waals surface area (Å²) < 4.78 is 6.69. The van der Waals surface area contributed by atoms with Crippen molar-refractivity contribution in [2.75, 3.05) is 13.2 Å². The maximum Gasteiger partial charge on any atom is 0.124 e. The molecule has 0 radical (unpaired) electrons. The van der Waals surface area contributed by atoms with Crippen molar-refractivity contribution in [1.82, 2.24) is 5.32 Å². The van der Waals surface area contributed by atoms with Gasteiger partial charge in [0.25, 0.3) is 0 Å². The molecule has 0 aromatic heterocycles. The zero-order valence-electron chi connectivity index (χ0n) is 9.95. The second kappa shape index (κ2) is 5.85. The van der Waals surface area contributed by atoms with Crippen LogP contribution in [0, 0.1) is 0 Å². The summed E-state index contributed by atoms with van der Waals surface area (Å²) in [6.45, 7) is 2.99. The van der Waals surface area contributed by atoms with Gasteiger partial charge in [0.2, 0.25) is 0 Å². The van der Waals surface area contributed by atoms with Crippen molar-refractivity contribution in [3.8, 4) is 5.75 Å². The van der Waals surface area contributed by atoms with E-state index in [9.17, 15) is 5.11 Å². The number of halogens is 1. The van der Waals surface area contributed by atoms with E-state index in [-0.39, 0.29) is 18.7 Å². The minimum absolute atomic E-state index is 0.157. The molecule has 1 heterocycles. The topological polar surface area (TPSA) is 41.5 Å². The number of hydrogen-bond acceptors (Lipinski definition) is 3. The first-order valence-electron chi connectivity index (χ1n) is 6.03. The van der Waals surface area contributed by atoms with Crippen LogP contribution in [0.4, 0.5) is 0 Å². The zero-order chi connectivity index (χ0) is 12.3. The molecule has 1 aromatic rings. The molecule has 0 saturated heterocycles. The van der Waals surface area contributed by atoms with Crippen molar-refractivity contribution in [2.45, 2.75) is 31.8 Å². The summed E-state index contributed by atoms with van der Waals surface area (Å²) in [7, 11) is 0. The minimum Gasteiger partial charge on any atom is -0.493 e. The molecule has 0 aliphatic carbocycles. The van der Waals surface area contributed by atoms with E-state index in [0.717, 1.165) is 29.7 Å². The average molecular weight is 300 g/mol. The third-order valence-electron chi connectivity index (χ3n) is 3.16. The van der Waals surface area contributed by atoms with Crippen LogP contribution in [-0.4, -0.2) is 24.4 Å². The van der Waals surface area contributed by atoms with Crippen LogP contribution in [0.25, 0.3) is 0 Å². The second-order valence-electron chi connectivity index (χ2n) is 4.33. The molecule has 17 heavy (non-hydrogen) atoms. The molecule has 1 aliphatic rings. The van der Waals surface area contributed by atoms with Gasteiger partial charge >= 0.3 is 0 Å². The van der Waals surface area contributed by atoms with Gasteiger partial charge in [-0.05, 0) is 24.6 Å². The first-order valence-corrected chi connectivity index (χ1v) is 6.83. The van der Waals surface area contributed by atoms with Gasteiger partial charge in [0.15, 0.2) is 0 Å². The fraction of sp³-hybridized carbons (Fsp3) is 0.538. The van der Waals surface area contributed by atoms with Gasteiger partial charge < -0.3 is 15.2 Å². The van der Waals surface area contributed by atoms with Gasteiger partial charge in [-0.3, -0.25) is 0 Å². The summed E-state index contributed by atoms with van der Waals surface area (Å²) in [5, 5.41) is 12.7. The number of ether oxygens (including phenoxy) is 1. The van der Waals surface area contributed by atoms with E-state index in [1.54, 1.807) is 0 Å². The normalized spacial score (nSPS) is 20.5. The molecule has 0 spiro atoms. The summed E-state index contributed by atoms with van der Waals surface area (Å²) in [6.07, 6.45) is 1.87. The van der Waals surface area contributed by atoms with Gasteiger partial charge in [0, 0.05) is 28.5 Å². The molecule has 4 heteroatoms. The smallest absolute Gasteiger partial charge is 0.124 e. The van der Waals surface area contributed by atoms with Crippen LogP contribution in [0.1, 0.15) is 31.4 Å². The Morgan fingerprint density at radius 2 is 2.41 bits per heavy atom. The molecule has 0 amide bonds. The van der Waals surface area contributed by atoms with Crippen molar-refractivity contribution in [1.29, 1.82) is 0 Å². The third kappa shape index (κ3) is 3.00. The quantitative estimate of drug-likeness (QED) is 0.898. The Morgan fingerprint density at radius 3 is 3.12 bits per heavy atom. The summed E-state index contributed by atoms with van der Waals surface area (Å²) >= 11 is 3.49. The Hall–Kier alpha value is -0.580. The first-order chi connectivity index (χ1) is 8.24. The number of fused-ring (bicyclic) bond motifs is 1. The Kier molecular flexibility index (Phi) is 4.42. The monoisotopic (exact) mass is 299 g/mol. The number of nitrogens with one attached hydrogen (secondary N) is 1. The molecule has 2 atom stereocenters. The first kappa shape index (κ1) is 12.9. The molecule has 0 saturated carbocycles. The van der Waals surface area contributed by atoms with E-state index in [2.05, 4.69) is 34.2 Å². The number of aliphatic hydroxyl groups is 1. The molecule has 0 fully saturated rings. The van der Waals surface area contributed by atoms with Gasteiger partial charge in [0.1, 0.15) is 5.75 Å². The standard InChI is InChI=1S/C13H18BrNO2/c1-2-10(8-16)15-12-5-6-17-13-4-3-9(14)7-11(12)13/h3-4,7,10,12,15-16H,2,5-6,8H2,1H3/t10-,12?/m0/s1. The van der Waals surface area contributed by atoms with Gasteiger partial charge in [-0.25, -0.2) is 0 Å². The Balaban J connectivity index is 2.18. The molecule has 2 rings (SSSR count). The van der Waals surface area contributed by atoms with E-state index < -0.39 is 0 Å². The van der Waals surface area contributed by atoms with Crippen LogP contribution < -0.4 is 10.1 Å². The number of benzene rings is 1. The van der Waals surface area contributed by atoms with Crippen LogP contribution >= 0.6 is 15.9 Å². The molecule has 1 unspecified atom stereocenters. The molecule has 94 valence electrons. The molecule has 2 N–H and O–H groups in total. The van der Waals surface area contributed by atoms with E-state index in [1.165, 1.54) is 5.56 Å². The van der Waals surface area contributed by atoms with Gasteiger partial charge in [0.05, 0.1) is 13.2 Å². The highest BCUT2D eigenvalue weighted by atomic mass is 79.9. The van der Waals surface area contributed by atoms with Gasteiger partial charge in [-0.1, -0.05) is 22.9 Å². The molecule has 0 bridgehead atoms. The van der Waals surface area contributed by atoms with Crippen LogP contribution in [0.5, 0.6) is 5.75 Å². The Bertz CT molecular complexity index is 380. The van der Waals surface area contributed by atoms with Crippen molar-refractivity contribution >= 4 is 15.9 Å². The van der Waals surface area contributed by atoms with Gasteiger partial charge in [-0.15, -0.1) is 0 Å². The van der Waals surface area contributed by atoms with E-state index >= 15 is 0 Å². The highest BCUT2D eigenvalue weighted by Gasteiger charge is 2.23. The lowest BCUT2D eigenvalue weighted by atomic mass is 9.99. The van der Waals surface area contributed by atoms with Crippen LogP contribution in [0.2, 0.25) is 0 Å². The molecule has 3 nitrogen and oxygen atoms in total. The van der Waals surface area contributed by atoms with E-state index in [4.69, 9.17) is 4.74 Å². The van der Waals surface area contributed by atoms with E-state index in [0.29, 0.717) is 0 Å². The third-order valence-corrected chi connectivity index (χ3v) is 3.65. The molecular formula is C13H18BrNO2. The predicted molar refractivity (Wildman–Crippen MR) is 71.3 cm³/mol. The lowest BCUT2D eigenvalue weighted by Gasteiger charge is -2.29. The summed E-state index contributed by atoms with van der Waals surface area (Å²) in [5.41, 5.74) is 1.18. The van der Waals surface area contributed by atoms with E-state index in [1.807, 2.05) is 12.1 Å².